The molecule has 0 saturated heterocycles. The molecule has 3 aromatic rings. The van der Waals surface area contributed by atoms with Crippen LogP contribution in [0.3, 0.4) is 0 Å². The van der Waals surface area contributed by atoms with Gasteiger partial charge >= 0.3 is 0 Å². The molecule has 1 aromatic heterocycles. The van der Waals surface area contributed by atoms with Crippen molar-refractivity contribution in [1.82, 2.24) is 15.0 Å². The molecule has 1 aliphatic rings. The summed E-state index contributed by atoms with van der Waals surface area (Å²) in [5.74, 6) is 0.854. The second-order valence-corrected chi connectivity index (χ2v) is 6.23. The molecule has 0 aliphatic carbocycles. The largest absolute Gasteiger partial charge is 0.490 e. The maximum atomic E-state index is 12.6. The van der Waals surface area contributed by atoms with Crippen LogP contribution in [0.15, 0.2) is 47.3 Å². The van der Waals surface area contributed by atoms with E-state index in [0.717, 1.165) is 11.1 Å². The topological polar surface area (TPSA) is 95.3 Å². The van der Waals surface area contributed by atoms with Gasteiger partial charge in [0.2, 0.25) is 5.91 Å². The van der Waals surface area contributed by atoms with E-state index in [2.05, 4.69) is 15.6 Å². The molecule has 4 rings (SSSR count). The van der Waals surface area contributed by atoms with Crippen molar-refractivity contribution in [2.45, 2.75) is 19.4 Å². The Balaban J connectivity index is 1.57. The highest BCUT2D eigenvalue weighted by Crippen LogP contribution is 2.32. The summed E-state index contributed by atoms with van der Waals surface area (Å²) in [4.78, 5) is 25.2. The van der Waals surface area contributed by atoms with Crippen LogP contribution in [0, 0.1) is 0 Å². The molecule has 27 heavy (non-hydrogen) atoms. The average Bonchev–Trinajstić information content (AvgIpc) is 2.93. The third-order valence-electron chi connectivity index (χ3n) is 4.35. The number of hydrogen-bond donors (Lipinski definition) is 1. The molecule has 0 saturated carbocycles. The molecule has 138 valence electrons. The quantitative estimate of drug-likeness (QED) is 0.763. The monoisotopic (exact) mass is 366 g/mol. The van der Waals surface area contributed by atoms with Crippen molar-refractivity contribution < 1.29 is 14.3 Å². The van der Waals surface area contributed by atoms with Crippen molar-refractivity contribution in [1.29, 1.82) is 0 Å². The van der Waals surface area contributed by atoms with Crippen molar-refractivity contribution in [2.24, 2.45) is 0 Å². The van der Waals surface area contributed by atoms with Gasteiger partial charge in [0.25, 0.3) is 5.56 Å². The van der Waals surface area contributed by atoms with Crippen LogP contribution >= 0.6 is 0 Å². The first-order valence-corrected chi connectivity index (χ1v) is 8.68. The number of aromatic nitrogens is 3. The van der Waals surface area contributed by atoms with Crippen LogP contribution in [0.4, 0.5) is 5.69 Å². The summed E-state index contributed by atoms with van der Waals surface area (Å²) >= 11 is 0. The minimum Gasteiger partial charge on any atom is -0.490 e. The van der Waals surface area contributed by atoms with Crippen molar-refractivity contribution in [2.75, 3.05) is 18.5 Å². The van der Waals surface area contributed by atoms with E-state index in [4.69, 9.17) is 9.47 Å². The van der Waals surface area contributed by atoms with E-state index in [1.165, 1.54) is 0 Å². The summed E-state index contributed by atoms with van der Waals surface area (Å²) in [6.07, 6.45) is 0.803. The molecule has 1 atom stereocenters. The van der Waals surface area contributed by atoms with Gasteiger partial charge in [0, 0.05) is 18.2 Å². The van der Waals surface area contributed by atoms with Crippen molar-refractivity contribution >= 4 is 22.5 Å². The van der Waals surface area contributed by atoms with Gasteiger partial charge in [-0.1, -0.05) is 17.3 Å². The highest BCUT2D eigenvalue weighted by atomic mass is 16.5. The minimum atomic E-state index is -0.828. The summed E-state index contributed by atoms with van der Waals surface area (Å²) in [5, 5.41) is 11.1. The summed E-state index contributed by atoms with van der Waals surface area (Å²) in [6, 6.07) is 11.3. The molecular formula is C19H18N4O4. The standard InChI is InChI=1S/C19H18N4O4/c1-12(23-19(25)14-5-2-3-6-15(14)21-22-23)18(24)20-13-7-8-16-17(11-13)27-10-4-9-26-16/h2-3,5-8,11-12H,4,9-10H2,1H3,(H,20,24)/t12-/m1/s1. The Labute approximate surface area is 154 Å². The van der Waals surface area contributed by atoms with Crippen molar-refractivity contribution in [3.8, 4) is 11.5 Å². The van der Waals surface area contributed by atoms with Crippen molar-refractivity contribution in [3.05, 3.63) is 52.8 Å². The molecule has 0 unspecified atom stereocenters. The number of hydrogen-bond acceptors (Lipinski definition) is 6. The zero-order valence-electron chi connectivity index (χ0n) is 14.7. The molecule has 2 heterocycles. The first-order valence-electron chi connectivity index (χ1n) is 8.68. The maximum absolute atomic E-state index is 12.6. The van der Waals surface area contributed by atoms with Crippen LogP contribution in [-0.2, 0) is 4.79 Å². The number of benzene rings is 2. The molecule has 0 bridgehead atoms. The first kappa shape index (κ1) is 17.0. The lowest BCUT2D eigenvalue weighted by Gasteiger charge is -2.15. The van der Waals surface area contributed by atoms with Gasteiger partial charge in [-0.25, -0.2) is 0 Å². The van der Waals surface area contributed by atoms with Gasteiger partial charge in [-0.05, 0) is 31.2 Å². The second kappa shape index (κ2) is 7.06. The Morgan fingerprint density at radius 2 is 1.93 bits per heavy atom. The molecule has 2 aromatic carbocycles. The molecule has 0 radical (unpaired) electrons. The third kappa shape index (κ3) is 3.33. The third-order valence-corrected chi connectivity index (χ3v) is 4.35. The lowest BCUT2D eigenvalue weighted by molar-refractivity contribution is -0.119. The zero-order chi connectivity index (χ0) is 18.8. The second-order valence-electron chi connectivity index (χ2n) is 6.23. The number of fused-ring (bicyclic) bond motifs is 2. The summed E-state index contributed by atoms with van der Waals surface area (Å²) < 4.78 is 12.3. The van der Waals surface area contributed by atoms with Crippen LogP contribution in [-0.4, -0.2) is 34.1 Å². The van der Waals surface area contributed by atoms with Crippen LogP contribution < -0.4 is 20.3 Å². The van der Waals surface area contributed by atoms with Gasteiger partial charge in [0.05, 0.1) is 18.6 Å². The molecule has 0 fully saturated rings. The molecule has 1 aliphatic heterocycles. The number of rotatable bonds is 3. The molecular weight excluding hydrogens is 348 g/mol. The van der Waals surface area contributed by atoms with Crippen LogP contribution in [0.25, 0.3) is 10.9 Å². The van der Waals surface area contributed by atoms with E-state index >= 15 is 0 Å². The molecule has 1 N–H and O–H groups in total. The van der Waals surface area contributed by atoms with Crippen LogP contribution in [0.2, 0.25) is 0 Å². The predicted molar refractivity (Wildman–Crippen MR) is 99.2 cm³/mol. The highest BCUT2D eigenvalue weighted by molar-refractivity contribution is 5.93. The summed E-state index contributed by atoms with van der Waals surface area (Å²) in [6.45, 7) is 2.76. The van der Waals surface area contributed by atoms with Gasteiger partial charge in [-0.2, -0.15) is 4.68 Å². The van der Waals surface area contributed by atoms with Crippen LogP contribution in [0.5, 0.6) is 11.5 Å². The Kier molecular flexibility index (Phi) is 4.45. The predicted octanol–water partition coefficient (Wildman–Crippen LogP) is 2.15. The number of nitrogens with zero attached hydrogens (tertiary/aromatic N) is 3. The maximum Gasteiger partial charge on any atom is 0.278 e. The van der Waals surface area contributed by atoms with Gasteiger partial charge in [0.1, 0.15) is 11.6 Å². The Morgan fingerprint density at radius 3 is 2.78 bits per heavy atom. The number of ether oxygens (including phenoxy) is 2. The molecule has 1 amide bonds. The number of carbonyl (C=O) groups excluding carboxylic acids is 1. The SMILES string of the molecule is C[C@H](C(=O)Nc1ccc2c(c1)OCCCO2)n1nnc2ccccc2c1=O. The highest BCUT2D eigenvalue weighted by Gasteiger charge is 2.20. The summed E-state index contributed by atoms with van der Waals surface area (Å²) in [5.41, 5.74) is 0.689. The minimum absolute atomic E-state index is 0.359. The number of anilines is 1. The van der Waals surface area contributed by atoms with Crippen LogP contribution in [0.1, 0.15) is 19.4 Å². The lowest BCUT2D eigenvalue weighted by Crippen LogP contribution is -2.34. The first-order chi connectivity index (χ1) is 13.1. The lowest BCUT2D eigenvalue weighted by atomic mass is 10.2. The van der Waals surface area contributed by atoms with E-state index in [1.54, 1.807) is 49.4 Å². The molecule has 8 heteroatoms. The number of nitrogens with one attached hydrogen (secondary N) is 1. The fourth-order valence-corrected chi connectivity index (χ4v) is 2.85. The van der Waals surface area contributed by atoms with Crippen molar-refractivity contribution in [3.63, 3.8) is 0 Å². The Bertz CT molecular complexity index is 1060. The van der Waals surface area contributed by atoms with E-state index in [0.29, 0.717) is 41.3 Å². The van der Waals surface area contributed by atoms with Gasteiger partial charge in [-0.15, -0.1) is 5.10 Å². The Hall–Kier alpha value is -3.42. The van der Waals surface area contributed by atoms with E-state index in [9.17, 15) is 9.59 Å². The molecule has 8 nitrogen and oxygen atoms in total. The van der Waals surface area contributed by atoms with Gasteiger partial charge in [0.15, 0.2) is 11.5 Å². The van der Waals surface area contributed by atoms with E-state index in [-0.39, 0.29) is 11.5 Å². The zero-order valence-corrected chi connectivity index (χ0v) is 14.7. The van der Waals surface area contributed by atoms with E-state index < -0.39 is 6.04 Å². The van der Waals surface area contributed by atoms with E-state index in [1.807, 2.05) is 0 Å². The molecule has 0 spiro atoms. The van der Waals surface area contributed by atoms with Gasteiger partial charge < -0.3 is 14.8 Å². The number of carbonyl (C=O) groups is 1. The normalized spacial score (nSPS) is 14.4. The average molecular weight is 366 g/mol. The smallest absolute Gasteiger partial charge is 0.278 e. The fourth-order valence-electron chi connectivity index (χ4n) is 2.85. The fraction of sp³-hybridized carbons (Fsp3) is 0.263. The number of amides is 1. The Morgan fingerprint density at radius 1 is 1.15 bits per heavy atom. The van der Waals surface area contributed by atoms with Gasteiger partial charge in [-0.3, -0.25) is 9.59 Å². The summed E-state index contributed by atoms with van der Waals surface area (Å²) in [7, 11) is 0.